The van der Waals surface area contributed by atoms with Crippen molar-refractivity contribution in [2.75, 3.05) is 13.6 Å². The summed E-state index contributed by atoms with van der Waals surface area (Å²) >= 11 is 0. The molecular weight excluding hydrogens is 249 g/mol. The van der Waals surface area contributed by atoms with Crippen LogP contribution < -0.4 is 5.32 Å². The minimum absolute atomic E-state index is 0.0878. The highest BCUT2D eigenvalue weighted by Crippen LogP contribution is 2.43. The first-order valence-corrected chi connectivity index (χ1v) is 7.93. The van der Waals surface area contributed by atoms with E-state index in [1.165, 1.54) is 24.8 Å². The first-order valence-electron chi connectivity index (χ1n) is 7.93. The maximum atomic E-state index is 13.5. The van der Waals surface area contributed by atoms with Crippen LogP contribution in [0.15, 0.2) is 18.2 Å². The first kappa shape index (κ1) is 15.5. The van der Waals surface area contributed by atoms with Crippen LogP contribution in [0.25, 0.3) is 0 Å². The van der Waals surface area contributed by atoms with Crippen molar-refractivity contribution in [1.82, 2.24) is 5.32 Å². The largest absolute Gasteiger partial charge is 0.319 e. The maximum Gasteiger partial charge on any atom is 0.126 e. The smallest absolute Gasteiger partial charge is 0.126 e. The predicted molar refractivity (Wildman–Crippen MR) is 83.5 cm³/mol. The molecule has 1 N–H and O–H groups in total. The van der Waals surface area contributed by atoms with Gasteiger partial charge in [0.05, 0.1) is 0 Å². The van der Waals surface area contributed by atoms with Gasteiger partial charge in [0.2, 0.25) is 0 Å². The van der Waals surface area contributed by atoms with E-state index in [1.807, 2.05) is 20.0 Å². The third kappa shape index (κ3) is 3.41. The van der Waals surface area contributed by atoms with E-state index >= 15 is 0 Å². The van der Waals surface area contributed by atoms with E-state index in [0.29, 0.717) is 11.8 Å². The van der Waals surface area contributed by atoms with Crippen LogP contribution in [-0.2, 0) is 0 Å². The average Bonchev–Trinajstić information content (AvgIpc) is 2.42. The van der Waals surface area contributed by atoms with Crippen molar-refractivity contribution in [1.29, 1.82) is 0 Å². The molecule has 1 aliphatic rings. The molecule has 2 rings (SSSR count). The van der Waals surface area contributed by atoms with Gasteiger partial charge in [-0.25, -0.2) is 4.39 Å². The van der Waals surface area contributed by atoms with Crippen LogP contribution in [0.3, 0.4) is 0 Å². The Morgan fingerprint density at radius 2 is 2.05 bits per heavy atom. The molecule has 0 amide bonds. The first-order chi connectivity index (χ1) is 9.52. The summed E-state index contributed by atoms with van der Waals surface area (Å²) in [4.78, 5) is 0. The van der Waals surface area contributed by atoms with Crippen molar-refractivity contribution in [3.05, 3.63) is 35.1 Å². The standard InChI is InChI=1S/C18H28FN/c1-12(2)14-5-6-16(11-20-4)17(10-14)15-7-8-18(19)13(3)9-15/h7-9,12,14,16-17,20H,5-6,10-11H2,1-4H3. The Morgan fingerprint density at radius 1 is 1.30 bits per heavy atom. The van der Waals surface area contributed by atoms with Crippen LogP contribution in [0.2, 0.25) is 0 Å². The highest BCUT2D eigenvalue weighted by molar-refractivity contribution is 5.28. The van der Waals surface area contributed by atoms with Gasteiger partial charge in [0.25, 0.3) is 0 Å². The maximum absolute atomic E-state index is 13.5. The Morgan fingerprint density at radius 3 is 2.65 bits per heavy atom. The van der Waals surface area contributed by atoms with Gasteiger partial charge < -0.3 is 5.32 Å². The SMILES string of the molecule is CNCC1CCC(C(C)C)CC1c1ccc(F)c(C)c1. The normalized spacial score (nSPS) is 27.0. The minimum atomic E-state index is -0.0878. The molecule has 0 aliphatic heterocycles. The number of hydrogen-bond donors (Lipinski definition) is 1. The van der Waals surface area contributed by atoms with Crippen LogP contribution in [0, 0.1) is 30.5 Å². The van der Waals surface area contributed by atoms with E-state index in [9.17, 15) is 4.39 Å². The summed E-state index contributed by atoms with van der Waals surface area (Å²) in [5.41, 5.74) is 2.10. The number of nitrogens with one attached hydrogen (secondary N) is 1. The van der Waals surface area contributed by atoms with E-state index in [-0.39, 0.29) is 5.82 Å². The number of aryl methyl sites for hydroxylation is 1. The summed E-state index contributed by atoms with van der Waals surface area (Å²) in [5.74, 6) is 2.71. The zero-order valence-corrected chi connectivity index (χ0v) is 13.2. The molecule has 1 nitrogen and oxygen atoms in total. The second-order valence-electron chi connectivity index (χ2n) is 6.75. The summed E-state index contributed by atoms with van der Waals surface area (Å²) in [7, 11) is 2.03. The lowest BCUT2D eigenvalue weighted by atomic mass is 9.68. The lowest BCUT2D eigenvalue weighted by Gasteiger charge is -2.38. The molecule has 112 valence electrons. The summed E-state index contributed by atoms with van der Waals surface area (Å²) in [6.45, 7) is 7.59. The Balaban J connectivity index is 2.23. The van der Waals surface area contributed by atoms with Crippen LogP contribution >= 0.6 is 0 Å². The van der Waals surface area contributed by atoms with Crippen LogP contribution in [0.4, 0.5) is 4.39 Å². The molecule has 0 aromatic heterocycles. The number of rotatable bonds is 4. The second-order valence-corrected chi connectivity index (χ2v) is 6.75. The number of hydrogen-bond acceptors (Lipinski definition) is 1. The van der Waals surface area contributed by atoms with E-state index < -0.39 is 0 Å². The summed E-state index contributed by atoms with van der Waals surface area (Å²) < 4.78 is 13.5. The zero-order chi connectivity index (χ0) is 14.7. The van der Waals surface area contributed by atoms with Crippen molar-refractivity contribution in [3.63, 3.8) is 0 Å². The topological polar surface area (TPSA) is 12.0 Å². The molecule has 1 saturated carbocycles. The van der Waals surface area contributed by atoms with Crippen LogP contribution in [0.5, 0.6) is 0 Å². The lowest BCUT2D eigenvalue weighted by molar-refractivity contribution is 0.192. The molecule has 2 heteroatoms. The van der Waals surface area contributed by atoms with Crippen molar-refractivity contribution >= 4 is 0 Å². The van der Waals surface area contributed by atoms with Gasteiger partial charge in [-0.05, 0) is 80.6 Å². The monoisotopic (exact) mass is 277 g/mol. The Hall–Kier alpha value is -0.890. The fraction of sp³-hybridized carbons (Fsp3) is 0.667. The average molecular weight is 277 g/mol. The van der Waals surface area contributed by atoms with Crippen molar-refractivity contribution in [3.8, 4) is 0 Å². The summed E-state index contributed by atoms with van der Waals surface area (Å²) in [6, 6.07) is 5.70. The van der Waals surface area contributed by atoms with E-state index in [4.69, 9.17) is 0 Å². The van der Waals surface area contributed by atoms with Gasteiger partial charge in [-0.3, -0.25) is 0 Å². The summed E-state index contributed by atoms with van der Waals surface area (Å²) in [6.07, 6.45) is 3.86. The number of benzene rings is 1. The van der Waals surface area contributed by atoms with Gasteiger partial charge in [0, 0.05) is 0 Å². The minimum Gasteiger partial charge on any atom is -0.319 e. The Labute approximate surface area is 123 Å². The molecule has 3 unspecified atom stereocenters. The zero-order valence-electron chi connectivity index (χ0n) is 13.2. The fourth-order valence-corrected chi connectivity index (χ4v) is 3.68. The summed E-state index contributed by atoms with van der Waals surface area (Å²) in [5, 5.41) is 3.33. The van der Waals surface area contributed by atoms with Crippen LogP contribution in [0.1, 0.15) is 50.2 Å². The molecule has 0 heterocycles. The lowest BCUT2D eigenvalue weighted by Crippen LogP contribution is -2.32. The molecule has 1 aromatic rings. The molecule has 0 saturated heterocycles. The molecule has 1 aliphatic carbocycles. The molecule has 20 heavy (non-hydrogen) atoms. The van der Waals surface area contributed by atoms with Gasteiger partial charge in [-0.2, -0.15) is 0 Å². The van der Waals surface area contributed by atoms with Gasteiger partial charge in [-0.15, -0.1) is 0 Å². The van der Waals surface area contributed by atoms with Crippen molar-refractivity contribution < 1.29 is 4.39 Å². The molecule has 0 radical (unpaired) electrons. The van der Waals surface area contributed by atoms with E-state index in [1.54, 1.807) is 6.07 Å². The van der Waals surface area contributed by atoms with Gasteiger partial charge in [0.1, 0.15) is 5.82 Å². The van der Waals surface area contributed by atoms with E-state index in [0.717, 1.165) is 23.9 Å². The molecule has 3 atom stereocenters. The van der Waals surface area contributed by atoms with Crippen molar-refractivity contribution in [2.24, 2.45) is 17.8 Å². The predicted octanol–water partition coefficient (Wildman–Crippen LogP) is 4.51. The van der Waals surface area contributed by atoms with Gasteiger partial charge >= 0.3 is 0 Å². The molecule has 1 aromatic carbocycles. The quantitative estimate of drug-likeness (QED) is 0.854. The van der Waals surface area contributed by atoms with Gasteiger partial charge in [-0.1, -0.05) is 26.0 Å². The number of halogens is 1. The Bertz CT molecular complexity index is 441. The second kappa shape index (κ2) is 6.71. The molecule has 0 bridgehead atoms. The van der Waals surface area contributed by atoms with Crippen molar-refractivity contribution in [2.45, 2.75) is 46.0 Å². The third-order valence-electron chi connectivity index (χ3n) is 5.05. The van der Waals surface area contributed by atoms with E-state index in [2.05, 4.69) is 25.2 Å². The van der Waals surface area contributed by atoms with Gasteiger partial charge in [0.15, 0.2) is 0 Å². The Kier molecular flexibility index (Phi) is 5.20. The van der Waals surface area contributed by atoms with Crippen LogP contribution in [-0.4, -0.2) is 13.6 Å². The highest BCUT2D eigenvalue weighted by Gasteiger charge is 2.32. The molecule has 1 fully saturated rings. The fourth-order valence-electron chi connectivity index (χ4n) is 3.68. The molecular formula is C18H28FN. The third-order valence-corrected chi connectivity index (χ3v) is 5.05. The molecule has 0 spiro atoms. The highest BCUT2D eigenvalue weighted by atomic mass is 19.1.